The number of thiazole rings is 1. The minimum absolute atomic E-state index is 0.0663. The summed E-state index contributed by atoms with van der Waals surface area (Å²) in [5, 5.41) is 13.0. The number of nitrogens with one attached hydrogen (secondary N) is 1. The number of likely N-dealkylation sites (N-methyl/N-ethyl adjacent to an activating group) is 1. The fraction of sp³-hybridized carbons (Fsp3) is 0.154. The van der Waals surface area contributed by atoms with Crippen molar-refractivity contribution in [1.82, 2.24) is 9.97 Å². The van der Waals surface area contributed by atoms with Crippen LogP contribution in [-0.2, 0) is 16.0 Å². The summed E-state index contributed by atoms with van der Waals surface area (Å²) in [6.07, 6.45) is 0.790. The van der Waals surface area contributed by atoms with Crippen LogP contribution in [0.3, 0.4) is 0 Å². The second-order valence-electron chi connectivity index (χ2n) is 7.74. The number of hydrogen-bond acceptors (Lipinski definition) is 6. The number of nitrogens with zero attached hydrogens (tertiary/aromatic N) is 3. The molecule has 11 heteroatoms. The average molecular weight is 529 g/mol. The summed E-state index contributed by atoms with van der Waals surface area (Å²) in [7, 11) is 1.92. The van der Waals surface area contributed by atoms with Crippen LogP contribution in [0.5, 0.6) is 0 Å². The van der Waals surface area contributed by atoms with E-state index in [-0.39, 0.29) is 11.9 Å². The van der Waals surface area contributed by atoms with Crippen molar-refractivity contribution >= 4 is 34.0 Å². The van der Waals surface area contributed by atoms with Gasteiger partial charge in [-0.1, -0.05) is 42.5 Å². The molecule has 1 amide bonds. The fourth-order valence-corrected chi connectivity index (χ4v) is 3.97. The van der Waals surface area contributed by atoms with E-state index in [2.05, 4.69) is 15.3 Å². The SMILES string of the molecule is CN(c1nccs1)[C@H](Cc1ccccc1)C(=O)Nc1cccc(-c2ccncc2)c1.O=C(O)C(F)(F)F. The van der Waals surface area contributed by atoms with Gasteiger partial charge in [0.25, 0.3) is 0 Å². The molecule has 0 unspecified atom stereocenters. The Morgan fingerprint density at radius 1 is 1.00 bits per heavy atom. The van der Waals surface area contributed by atoms with Crippen LogP contribution in [0, 0.1) is 0 Å². The van der Waals surface area contributed by atoms with Gasteiger partial charge in [-0.3, -0.25) is 9.78 Å². The highest BCUT2D eigenvalue weighted by Crippen LogP contribution is 2.24. The summed E-state index contributed by atoms with van der Waals surface area (Å²) in [5.41, 5.74) is 3.96. The minimum atomic E-state index is -5.08. The molecule has 4 aromatic rings. The van der Waals surface area contributed by atoms with Crippen molar-refractivity contribution in [2.45, 2.75) is 18.6 Å². The zero-order valence-corrected chi connectivity index (χ0v) is 20.4. The standard InChI is InChI=1S/C24H22N4OS.C2HF3O2/c1-28(24-26-14-15-30-24)22(16-18-6-3-2-4-7-18)23(29)27-21-9-5-8-20(17-21)19-10-12-25-13-11-19;3-2(4,5)1(6)7/h2-15,17,22H,16H2,1H3,(H,27,29);(H,6,7)/t22-;/m1./s1. The molecule has 7 nitrogen and oxygen atoms in total. The molecule has 0 saturated heterocycles. The third kappa shape index (κ3) is 8.14. The number of carbonyl (C=O) groups is 2. The number of halogens is 3. The molecule has 0 aliphatic carbocycles. The van der Waals surface area contributed by atoms with Gasteiger partial charge in [-0.2, -0.15) is 13.2 Å². The normalized spacial score (nSPS) is 11.6. The molecule has 0 saturated carbocycles. The average Bonchev–Trinajstić information content (AvgIpc) is 3.43. The van der Waals surface area contributed by atoms with Gasteiger partial charge in [-0.05, 0) is 41.0 Å². The molecule has 37 heavy (non-hydrogen) atoms. The maximum atomic E-state index is 13.3. The fourth-order valence-electron chi connectivity index (χ4n) is 3.31. The molecule has 0 bridgehead atoms. The van der Waals surface area contributed by atoms with E-state index in [1.165, 1.54) is 11.3 Å². The van der Waals surface area contributed by atoms with Crippen LogP contribution in [0.25, 0.3) is 11.1 Å². The van der Waals surface area contributed by atoms with Gasteiger partial charge in [0, 0.05) is 43.1 Å². The van der Waals surface area contributed by atoms with Gasteiger partial charge in [0.2, 0.25) is 5.91 Å². The number of rotatable bonds is 7. The number of amides is 1. The van der Waals surface area contributed by atoms with Gasteiger partial charge in [0.05, 0.1) is 0 Å². The summed E-state index contributed by atoms with van der Waals surface area (Å²) >= 11 is 1.52. The third-order valence-corrected chi connectivity index (χ3v) is 6.01. The van der Waals surface area contributed by atoms with Crippen molar-refractivity contribution in [3.8, 4) is 11.1 Å². The molecule has 4 rings (SSSR count). The highest BCUT2D eigenvalue weighted by Gasteiger charge is 2.38. The highest BCUT2D eigenvalue weighted by atomic mass is 32.1. The van der Waals surface area contributed by atoms with Crippen LogP contribution in [0.1, 0.15) is 5.56 Å². The number of carbonyl (C=O) groups excluding carboxylic acids is 1. The number of benzene rings is 2. The summed E-state index contributed by atoms with van der Waals surface area (Å²) in [6.45, 7) is 0. The number of aliphatic carboxylic acids is 1. The largest absolute Gasteiger partial charge is 0.490 e. The lowest BCUT2D eigenvalue weighted by Crippen LogP contribution is -2.43. The van der Waals surface area contributed by atoms with Crippen LogP contribution in [0.2, 0.25) is 0 Å². The predicted molar refractivity (Wildman–Crippen MR) is 136 cm³/mol. The maximum Gasteiger partial charge on any atom is 0.490 e. The second-order valence-corrected chi connectivity index (χ2v) is 8.61. The molecule has 2 heterocycles. The molecule has 0 radical (unpaired) electrons. The zero-order valence-electron chi connectivity index (χ0n) is 19.6. The Hall–Kier alpha value is -4.25. The summed E-state index contributed by atoms with van der Waals surface area (Å²) in [6, 6.07) is 21.4. The van der Waals surface area contributed by atoms with E-state index in [1.807, 2.05) is 84.1 Å². The molecule has 0 fully saturated rings. The lowest BCUT2D eigenvalue weighted by Gasteiger charge is -2.27. The van der Waals surface area contributed by atoms with Crippen LogP contribution in [-0.4, -0.2) is 46.2 Å². The molecule has 2 N–H and O–H groups in total. The van der Waals surface area contributed by atoms with E-state index in [4.69, 9.17) is 9.90 Å². The topological polar surface area (TPSA) is 95.4 Å². The second kappa shape index (κ2) is 12.6. The Labute approximate surface area is 215 Å². The Bertz CT molecular complexity index is 1290. The van der Waals surface area contributed by atoms with Crippen LogP contribution >= 0.6 is 11.3 Å². The molecule has 192 valence electrons. The van der Waals surface area contributed by atoms with Crippen molar-refractivity contribution < 1.29 is 27.9 Å². The zero-order chi connectivity index (χ0) is 26.8. The van der Waals surface area contributed by atoms with E-state index < -0.39 is 12.1 Å². The molecule has 0 spiro atoms. The molecular formula is C26H23F3N4O3S. The maximum absolute atomic E-state index is 13.3. The van der Waals surface area contributed by atoms with E-state index in [0.717, 1.165) is 27.5 Å². The summed E-state index contributed by atoms with van der Waals surface area (Å²) < 4.78 is 31.7. The first-order valence-corrected chi connectivity index (χ1v) is 11.8. The van der Waals surface area contributed by atoms with E-state index in [9.17, 15) is 18.0 Å². The first kappa shape index (κ1) is 27.3. The molecular weight excluding hydrogens is 505 g/mol. The Morgan fingerprint density at radius 3 is 2.27 bits per heavy atom. The Morgan fingerprint density at radius 2 is 1.68 bits per heavy atom. The van der Waals surface area contributed by atoms with Gasteiger partial charge in [0.15, 0.2) is 5.13 Å². The number of alkyl halides is 3. The van der Waals surface area contributed by atoms with Gasteiger partial charge in [-0.15, -0.1) is 11.3 Å². The number of hydrogen-bond donors (Lipinski definition) is 2. The quantitative estimate of drug-likeness (QED) is 0.328. The van der Waals surface area contributed by atoms with Crippen LogP contribution in [0.4, 0.5) is 24.0 Å². The van der Waals surface area contributed by atoms with Gasteiger partial charge in [0.1, 0.15) is 6.04 Å². The number of anilines is 2. The smallest absolute Gasteiger partial charge is 0.475 e. The van der Waals surface area contributed by atoms with E-state index >= 15 is 0 Å². The first-order chi connectivity index (χ1) is 17.6. The Kier molecular flexibility index (Phi) is 9.33. The first-order valence-electron chi connectivity index (χ1n) is 10.9. The lowest BCUT2D eigenvalue weighted by molar-refractivity contribution is -0.192. The Balaban J connectivity index is 0.000000479. The number of carboxylic acid groups (broad SMARTS) is 1. The summed E-state index contributed by atoms with van der Waals surface area (Å²) in [5.74, 6) is -2.82. The number of pyridine rings is 1. The van der Waals surface area contributed by atoms with Crippen molar-refractivity contribution in [3.05, 3.63) is 96.3 Å². The van der Waals surface area contributed by atoms with Crippen molar-refractivity contribution in [1.29, 1.82) is 0 Å². The van der Waals surface area contributed by atoms with Crippen LogP contribution in [0.15, 0.2) is 90.7 Å². The van der Waals surface area contributed by atoms with Crippen molar-refractivity contribution in [2.24, 2.45) is 0 Å². The van der Waals surface area contributed by atoms with Crippen molar-refractivity contribution in [3.63, 3.8) is 0 Å². The van der Waals surface area contributed by atoms with Crippen molar-refractivity contribution in [2.75, 3.05) is 17.3 Å². The van der Waals surface area contributed by atoms with E-state index in [1.54, 1.807) is 18.6 Å². The minimum Gasteiger partial charge on any atom is -0.475 e. The highest BCUT2D eigenvalue weighted by molar-refractivity contribution is 7.13. The third-order valence-electron chi connectivity index (χ3n) is 5.15. The summed E-state index contributed by atoms with van der Waals surface area (Å²) in [4.78, 5) is 32.6. The predicted octanol–water partition coefficient (Wildman–Crippen LogP) is 5.52. The molecule has 0 aliphatic rings. The molecule has 0 aliphatic heterocycles. The lowest BCUT2D eigenvalue weighted by atomic mass is 10.0. The van der Waals surface area contributed by atoms with Gasteiger partial charge < -0.3 is 15.3 Å². The van der Waals surface area contributed by atoms with E-state index in [0.29, 0.717) is 6.42 Å². The monoisotopic (exact) mass is 528 g/mol. The molecule has 2 aromatic carbocycles. The molecule has 2 aromatic heterocycles. The van der Waals surface area contributed by atoms with Gasteiger partial charge >= 0.3 is 12.1 Å². The number of aromatic nitrogens is 2. The van der Waals surface area contributed by atoms with Gasteiger partial charge in [-0.25, -0.2) is 9.78 Å². The van der Waals surface area contributed by atoms with Crippen LogP contribution < -0.4 is 10.2 Å². The molecule has 1 atom stereocenters. The number of carboxylic acids is 1.